The van der Waals surface area contributed by atoms with E-state index < -0.39 is 5.97 Å². The molecule has 17 heavy (non-hydrogen) atoms. The number of benzene rings is 1. The Morgan fingerprint density at radius 3 is 2.82 bits per heavy atom. The molecule has 0 aliphatic rings. The van der Waals surface area contributed by atoms with Crippen molar-refractivity contribution in [1.29, 1.82) is 0 Å². The van der Waals surface area contributed by atoms with Crippen LogP contribution in [0.4, 0.5) is 0 Å². The lowest BCUT2D eigenvalue weighted by atomic mass is 10.2. The molecule has 86 valence electrons. The summed E-state index contributed by atoms with van der Waals surface area (Å²) in [6, 6.07) is 6.81. The summed E-state index contributed by atoms with van der Waals surface area (Å²) in [7, 11) is 1.70. The van der Waals surface area contributed by atoms with Gasteiger partial charge < -0.3 is 14.1 Å². The van der Waals surface area contributed by atoms with E-state index in [-0.39, 0.29) is 5.69 Å². The standard InChI is InChI=1S/C12H8ClNO3/c1-14-8(12(15)16)5-10-11(14)7-4-6(13)2-3-9(7)17-10/h2-5H,1H3,(H,15,16). The largest absolute Gasteiger partial charge is 0.477 e. The molecule has 0 spiro atoms. The molecule has 0 atom stereocenters. The molecule has 3 aromatic rings. The van der Waals surface area contributed by atoms with Crippen molar-refractivity contribution < 1.29 is 14.3 Å². The molecule has 3 rings (SSSR count). The van der Waals surface area contributed by atoms with Crippen molar-refractivity contribution in [2.75, 3.05) is 0 Å². The van der Waals surface area contributed by atoms with E-state index in [1.807, 2.05) is 0 Å². The monoisotopic (exact) mass is 249 g/mol. The van der Waals surface area contributed by atoms with Crippen molar-refractivity contribution in [1.82, 2.24) is 4.57 Å². The predicted octanol–water partition coefficient (Wildman–Crippen LogP) is 3.28. The van der Waals surface area contributed by atoms with Gasteiger partial charge in [-0.3, -0.25) is 0 Å². The van der Waals surface area contributed by atoms with Gasteiger partial charge >= 0.3 is 5.97 Å². The summed E-state index contributed by atoms with van der Waals surface area (Å²) in [6.07, 6.45) is 0. The SMILES string of the molecule is Cn1c(C(=O)O)cc2oc3ccc(Cl)cc3c21. The zero-order valence-electron chi connectivity index (χ0n) is 8.90. The van der Waals surface area contributed by atoms with E-state index >= 15 is 0 Å². The van der Waals surface area contributed by atoms with Crippen molar-refractivity contribution in [2.24, 2.45) is 7.05 Å². The molecule has 0 radical (unpaired) electrons. The van der Waals surface area contributed by atoms with Crippen molar-refractivity contribution in [3.63, 3.8) is 0 Å². The van der Waals surface area contributed by atoms with Gasteiger partial charge in [0.2, 0.25) is 0 Å². The maximum atomic E-state index is 11.0. The number of hydrogen-bond donors (Lipinski definition) is 1. The minimum atomic E-state index is -0.978. The van der Waals surface area contributed by atoms with Crippen LogP contribution in [0, 0.1) is 0 Å². The van der Waals surface area contributed by atoms with Gasteiger partial charge in [-0.15, -0.1) is 0 Å². The summed E-state index contributed by atoms with van der Waals surface area (Å²) in [4.78, 5) is 11.0. The third-order valence-electron chi connectivity index (χ3n) is 2.83. The topological polar surface area (TPSA) is 55.4 Å². The molecule has 1 N–H and O–H groups in total. The molecule has 0 aliphatic carbocycles. The summed E-state index contributed by atoms with van der Waals surface area (Å²) in [6.45, 7) is 0. The molecule has 4 nitrogen and oxygen atoms in total. The second-order valence-corrected chi connectivity index (χ2v) is 4.29. The first kappa shape index (κ1) is 10.2. The van der Waals surface area contributed by atoms with Crippen molar-refractivity contribution >= 4 is 39.6 Å². The van der Waals surface area contributed by atoms with Crippen LogP contribution in [0.15, 0.2) is 28.7 Å². The number of halogens is 1. The van der Waals surface area contributed by atoms with Gasteiger partial charge in [-0.05, 0) is 18.2 Å². The van der Waals surface area contributed by atoms with E-state index in [4.69, 9.17) is 21.1 Å². The number of fused-ring (bicyclic) bond motifs is 3. The molecule has 0 amide bonds. The van der Waals surface area contributed by atoms with E-state index in [0.717, 1.165) is 10.9 Å². The van der Waals surface area contributed by atoms with Crippen LogP contribution < -0.4 is 0 Å². The van der Waals surface area contributed by atoms with Crippen molar-refractivity contribution in [3.05, 3.63) is 35.0 Å². The number of carbonyl (C=O) groups is 1. The molecule has 1 aromatic carbocycles. The molecular formula is C12H8ClNO3. The molecule has 2 aromatic heterocycles. The van der Waals surface area contributed by atoms with Crippen LogP contribution in [-0.2, 0) is 7.05 Å². The third-order valence-corrected chi connectivity index (χ3v) is 3.07. The van der Waals surface area contributed by atoms with Crippen LogP contribution >= 0.6 is 11.6 Å². The fourth-order valence-electron chi connectivity index (χ4n) is 2.07. The molecule has 5 heteroatoms. The fourth-order valence-corrected chi connectivity index (χ4v) is 2.24. The highest BCUT2D eigenvalue weighted by atomic mass is 35.5. The van der Waals surface area contributed by atoms with Gasteiger partial charge in [-0.1, -0.05) is 11.6 Å². The lowest BCUT2D eigenvalue weighted by molar-refractivity contribution is 0.0687. The molecule has 0 aliphatic heterocycles. The molecular weight excluding hydrogens is 242 g/mol. The molecule has 2 heterocycles. The molecule has 0 bridgehead atoms. The minimum absolute atomic E-state index is 0.195. The number of nitrogens with zero attached hydrogens (tertiary/aromatic N) is 1. The number of aromatic nitrogens is 1. The Morgan fingerprint density at radius 2 is 2.12 bits per heavy atom. The Bertz CT molecular complexity index is 754. The highest BCUT2D eigenvalue weighted by molar-refractivity contribution is 6.31. The van der Waals surface area contributed by atoms with Crippen molar-refractivity contribution in [3.8, 4) is 0 Å². The van der Waals surface area contributed by atoms with Gasteiger partial charge in [0, 0.05) is 23.5 Å². The maximum absolute atomic E-state index is 11.0. The Morgan fingerprint density at radius 1 is 1.35 bits per heavy atom. The lowest BCUT2D eigenvalue weighted by Crippen LogP contribution is -2.03. The fraction of sp³-hybridized carbons (Fsp3) is 0.0833. The van der Waals surface area contributed by atoms with E-state index in [1.165, 1.54) is 6.07 Å². The lowest BCUT2D eigenvalue weighted by Gasteiger charge is -1.98. The summed E-state index contributed by atoms with van der Waals surface area (Å²) in [5.41, 5.74) is 2.20. The first-order chi connectivity index (χ1) is 8.08. The van der Waals surface area contributed by atoms with Crippen LogP contribution in [0.3, 0.4) is 0 Å². The quantitative estimate of drug-likeness (QED) is 0.720. The van der Waals surface area contributed by atoms with Crippen LogP contribution in [0.2, 0.25) is 5.02 Å². The third kappa shape index (κ3) is 1.34. The molecule has 0 saturated heterocycles. The predicted molar refractivity (Wildman–Crippen MR) is 64.7 cm³/mol. The van der Waals surface area contributed by atoms with Gasteiger partial charge in [-0.25, -0.2) is 4.79 Å². The smallest absolute Gasteiger partial charge is 0.352 e. The van der Waals surface area contributed by atoms with Crippen LogP contribution in [0.25, 0.3) is 22.1 Å². The Kier molecular flexibility index (Phi) is 1.97. The van der Waals surface area contributed by atoms with Gasteiger partial charge in [0.25, 0.3) is 0 Å². The van der Waals surface area contributed by atoms with E-state index in [2.05, 4.69) is 0 Å². The zero-order chi connectivity index (χ0) is 12.2. The average Bonchev–Trinajstić information content (AvgIpc) is 2.76. The molecule has 0 fully saturated rings. The highest BCUT2D eigenvalue weighted by Crippen LogP contribution is 2.32. The summed E-state index contributed by atoms with van der Waals surface area (Å²) >= 11 is 5.93. The van der Waals surface area contributed by atoms with Crippen LogP contribution in [0.1, 0.15) is 10.5 Å². The number of carboxylic acids is 1. The summed E-state index contributed by atoms with van der Waals surface area (Å²) in [5, 5.41) is 10.4. The average molecular weight is 250 g/mol. The zero-order valence-corrected chi connectivity index (χ0v) is 9.65. The van der Waals surface area contributed by atoms with E-state index in [9.17, 15) is 4.79 Å². The number of aromatic carboxylic acids is 1. The van der Waals surface area contributed by atoms with Crippen molar-refractivity contribution in [2.45, 2.75) is 0 Å². The van der Waals surface area contributed by atoms with Crippen LogP contribution in [-0.4, -0.2) is 15.6 Å². The van der Waals surface area contributed by atoms with Gasteiger partial charge in [0.15, 0.2) is 5.58 Å². The second-order valence-electron chi connectivity index (χ2n) is 3.85. The van der Waals surface area contributed by atoms with Gasteiger partial charge in [-0.2, -0.15) is 0 Å². The highest BCUT2D eigenvalue weighted by Gasteiger charge is 2.17. The Balaban J connectivity index is 2.48. The first-order valence-electron chi connectivity index (χ1n) is 4.98. The normalized spacial score (nSPS) is 11.4. The van der Waals surface area contributed by atoms with E-state index in [0.29, 0.717) is 16.2 Å². The first-order valence-corrected chi connectivity index (χ1v) is 5.36. The number of carboxylic acid groups (broad SMARTS) is 1. The molecule has 0 saturated carbocycles. The summed E-state index contributed by atoms with van der Waals surface area (Å²) in [5.74, 6) is -0.978. The minimum Gasteiger partial charge on any atom is -0.477 e. The number of rotatable bonds is 1. The second kappa shape index (κ2) is 3.28. The van der Waals surface area contributed by atoms with Crippen LogP contribution in [0.5, 0.6) is 0 Å². The Labute approximate surface area is 101 Å². The Hall–Kier alpha value is -1.94. The molecule has 0 unspecified atom stereocenters. The number of aryl methyl sites for hydroxylation is 1. The van der Waals surface area contributed by atoms with Gasteiger partial charge in [0.1, 0.15) is 11.3 Å². The summed E-state index contributed by atoms with van der Waals surface area (Å²) < 4.78 is 7.17. The number of hydrogen-bond acceptors (Lipinski definition) is 2. The number of furan rings is 1. The van der Waals surface area contributed by atoms with E-state index in [1.54, 1.807) is 29.8 Å². The maximum Gasteiger partial charge on any atom is 0.352 e. The van der Waals surface area contributed by atoms with Gasteiger partial charge in [0.05, 0.1) is 5.52 Å².